The molecule has 20 heavy (non-hydrogen) atoms. The Kier molecular flexibility index (Phi) is 5.06. The van der Waals surface area contributed by atoms with Crippen LogP contribution in [0.3, 0.4) is 0 Å². The maximum Gasteiger partial charge on any atom is 0.254 e. The number of carbonyl (C=O) groups is 1. The first-order valence-electron chi connectivity index (χ1n) is 7.09. The molecular weight excluding hydrogens is 262 g/mol. The molecule has 1 saturated heterocycles. The quantitative estimate of drug-likeness (QED) is 0.920. The van der Waals surface area contributed by atoms with E-state index >= 15 is 0 Å². The van der Waals surface area contributed by atoms with Crippen molar-refractivity contribution < 1.29 is 13.6 Å². The largest absolute Gasteiger partial charge is 0.337 e. The molecule has 110 valence electrons. The summed E-state index contributed by atoms with van der Waals surface area (Å²) in [4.78, 5) is 14.0. The Morgan fingerprint density at radius 3 is 2.55 bits per heavy atom. The van der Waals surface area contributed by atoms with Crippen molar-refractivity contribution >= 4 is 5.91 Å². The van der Waals surface area contributed by atoms with E-state index in [4.69, 9.17) is 0 Å². The van der Waals surface area contributed by atoms with Crippen LogP contribution in [0.15, 0.2) is 18.2 Å². The summed E-state index contributed by atoms with van der Waals surface area (Å²) in [7, 11) is 0. The van der Waals surface area contributed by atoms with Crippen molar-refractivity contribution in [1.82, 2.24) is 10.2 Å². The molecule has 1 heterocycles. The van der Waals surface area contributed by atoms with Crippen molar-refractivity contribution in [3.05, 3.63) is 35.4 Å². The average molecular weight is 282 g/mol. The minimum atomic E-state index is -0.722. The molecule has 0 saturated carbocycles. The SMILES string of the molecule is CCN(CC1CCCCN1)C(=O)c1cc(F)cc(F)c1. The second-order valence-corrected chi connectivity index (χ2v) is 5.15. The van der Waals surface area contributed by atoms with Gasteiger partial charge in [0.1, 0.15) is 11.6 Å². The number of piperidine rings is 1. The van der Waals surface area contributed by atoms with E-state index in [1.165, 1.54) is 0 Å². The van der Waals surface area contributed by atoms with Crippen LogP contribution in [0.1, 0.15) is 36.5 Å². The molecular formula is C15H20F2N2O. The van der Waals surface area contributed by atoms with E-state index in [2.05, 4.69) is 5.32 Å². The van der Waals surface area contributed by atoms with Crippen molar-refractivity contribution in [2.45, 2.75) is 32.2 Å². The fourth-order valence-corrected chi connectivity index (χ4v) is 2.56. The van der Waals surface area contributed by atoms with Crippen molar-refractivity contribution in [1.29, 1.82) is 0 Å². The van der Waals surface area contributed by atoms with Crippen molar-refractivity contribution in [2.24, 2.45) is 0 Å². The molecule has 1 amide bonds. The van der Waals surface area contributed by atoms with E-state index in [1.807, 2.05) is 6.92 Å². The summed E-state index contributed by atoms with van der Waals surface area (Å²) in [6.45, 7) is 3.93. The number of likely N-dealkylation sites (N-methyl/N-ethyl adjacent to an activating group) is 1. The van der Waals surface area contributed by atoms with Crippen LogP contribution in [0.4, 0.5) is 8.78 Å². The van der Waals surface area contributed by atoms with Crippen LogP contribution in [-0.4, -0.2) is 36.5 Å². The molecule has 1 atom stereocenters. The van der Waals surface area contributed by atoms with E-state index in [9.17, 15) is 13.6 Å². The van der Waals surface area contributed by atoms with Gasteiger partial charge in [-0.3, -0.25) is 4.79 Å². The Bertz CT molecular complexity index is 453. The third kappa shape index (κ3) is 3.76. The predicted molar refractivity (Wildman–Crippen MR) is 73.6 cm³/mol. The summed E-state index contributed by atoms with van der Waals surface area (Å²) < 4.78 is 26.4. The standard InChI is InChI=1S/C15H20F2N2O/c1-2-19(10-14-5-3-4-6-18-14)15(20)11-7-12(16)9-13(17)8-11/h7-9,14,18H,2-6,10H2,1H3. The number of amides is 1. The number of halogens is 2. The first-order chi connectivity index (χ1) is 9.60. The lowest BCUT2D eigenvalue weighted by atomic mass is 10.0. The van der Waals surface area contributed by atoms with Crippen LogP contribution in [0.2, 0.25) is 0 Å². The van der Waals surface area contributed by atoms with Gasteiger partial charge in [-0.25, -0.2) is 8.78 Å². The summed E-state index contributed by atoms with van der Waals surface area (Å²) in [6.07, 6.45) is 3.34. The van der Waals surface area contributed by atoms with Gasteiger partial charge >= 0.3 is 0 Å². The molecule has 1 aliphatic rings. The Hall–Kier alpha value is -1.49. The van der Waals surface area contributed by atoms with Crippen LogP contribution in [0.5, 0.6) is 0 Å². The van der Waals surface area contributed by atoms with Crippen LogP contribution >= 0.6 is 0 Å². The summed E-state index contributed by atoms with van der Waals surface area (Å²) in [5.41, 5.74) is 0.0696. The summed E-state index contributed by atoms with van der Waals surface area (Å²) in [5, 5.41) is 3.37. The van der Waals surface area contributed by atoms with Gasteiger partial charge in [0.25, 0.3) is 5.91 Å². The van der Waals surface area contributed by atoms with Gasteiger partial charge in [0.15, 0.2) is 0 Å². The predicted octanol–water partition coefficient (Wildman–Crippen LogP) is 2.57. The molecule has 1 unspecified atom stereocenters. The van der Waals surface area contributed by atoms with Gasteiger partial charge < -0.3 is 10.2 Å². The fraction of sp³-hybridized carbons (Fsp3) is 0.533. The molecule has 5 heteroatoms. The van der Waals surface area contributed by atoms with E-state index in [1.54, 1.807) is 4.90 Å². The van der Waals surface area contributed by atoms with Crippen LogP contribution in [0, 0.1) is 11.6 Å². The average Bonchev–Trinajstić information content (AvgIpc) is 2.44. The molecule has 3 nitrogen and oxygen atoms in total. The smallest absolute Gasteiger partial charge is 0.254 e. The summed E-state index contributed by atoms with van der Waals surface area (Å²) >= 11 is 0. The first-order valence-corrected chi connectivity index (χ1v) is 7.09. The lowest BCUT2D eigenvalue weighted by Gasteiger charge is -2.30. The summed E-state index contributed by atoms with van der Waals surface area (Å²) in [5.74, 6) is -1.77. The number of nitrogens with one attached hydrogen (secondary N) is 1. The monoisotopic (exact) mass is 282 g/mol. The second kappa shape index (κ2) is 6.79. The van der Waals surface area contributed by atoms with E-state index in [0.29, 0.717) is 13.1 Å². The molecule has 0 spiro atoms. The molecule has 1 fully saturated rings. The maximum atomic E-state index is 13.2. The zero-order chi connectivity index (χ0) is 14.5. The molecule has 0 radical (unpaired) electrons. The van der Waals surface area contributed by atoms with Gasteiger partial charge in [0.2, 0.25) is 0 Å². The van der Waals surface area contributed by atoms with E-state index < -0.39 is 11.6 Å². The number of hydrogen-bond acceptors (Lipinski definition) is 2. The van der Waals surface area contributed by atoms with E-state index in [0.717, 1.165) is 44.0 Å². The molecule has 0 aliphatic carbocycles. The number of rotatable bonds is 4. The van der Waals surface area contributed by atoms with Crippen LogP contribution < -0.4 is 5.32 Å². The highest BCUT2D eigenvalue weighted by atomic mass is 19.1. The van der Waals surface area contributed by atoms with Gasteiger partial charge in [-0.15, -0.1) is 0 Å². The van der Waals surface area contributed by atoms with Gasteiger partial charge in [-0.2, -0.15) is 0 Å². The lowest BCUT2D eigenvalue weighted by molar-refractivity contribution is 0.0740. The molecule has 1 N–H and O–H groups in total. The van der Waals surface area contributed by atoms with E-state index in [-0.39, 0.29) is 17.5 Å². The van der Waals surface area contributed by atoms with Gasteiger partial charge in [-0.05, 0) is 38.4 Å². The fourth-order valence-electron chi connectivity index (χ4n) is 2.56. The van der Waals surface area contributed by atoms with Crippen LogP contribution in [0.25, 0.3) is 0 Å². The third-order valence-corrected chi connectivity index (χ3v) is 3.63. The minimum Gasteiger partial charge on any atom is -0.337 e. The Morgan fingerprint density at radius 1 is 1.30 bits per heavy atom. The summed E-state index contributed by atoms with van der Waals surface area (Å²) in [6, 6.07) is 3.21. The Labute approximate surface area is 118 Å². The second-order valence-electron chi connectivity index (χ2n) is 5.15. The molecule has 0 aromatic heterocycles. The van der Waals surface area contributed by atoms with Gasteiger partial charge in [-0.1, -0.05) is 6.42 Å². The van der Waals surface area contributed by atoms with Gasteiger partial charge in [0.05, 0.1) is 0 Å². The molecule has 1 aromatic rings. The van der Waals surface area contributed by atoms with Crippen LogP contribution in [-0.2, 0) is 0 Å². The van der Waals surface area contributed by atoms with Crippen molar-refractivity contribution in [3.63, 3.8) is 0 Å². The lowest BCUT2D eigenvalue weighted by Crippen LogP contribution is -2.45. The molecule has 1 aromatic carbocycles. The normalized spacial score (nSPS) is 18.9. The number of benzene rings is 1. The topological polar surface area (TPSA) is 32.3 Å². The zero-order valence-electron chi connectivity index (χ0n) is 11.7. The number of hydrogen-bond donors (Lipinski definition) is 1. The number of carbonyl (C=O) groups excluding carboxylic acids is 1. The minimum absolute atomic E-state index is 0.0696. The Morgan fingerprint density at radius 2 is 2.00 bits per heavy atom. The van der Waals surface area contributed by atoms with Crippen molar-refractivity contribution in [3.8, 4) is 0 Å². The molecule has 1 aliphatic heterocycles. The Balaban J connectivity index is 2.07. The van der Waals surface area contributed by atoms with Crippen molar-refractivity contribution in [2.75, 3.05) is 19.6 Å². The highest BCUT2D eigenvalue weighted by Crippen LogP contribution is 2.13. The highest BCUT2D eigenvalue weighted by Gasteiger charge is 2.21. The molecule has 2 rings (SSSR count). The zero-order valence-corrected chi connectivity index (χ0v) is 11.7. The highest BCUT2D eigenvalue weighted by molar-refractivity contribution is 5.94. The maximum absolute atomic E-state index is 13.2. The molecule has 0 bridgehead atoms. The number of nitrogens with zero attached hydrogens (tertiary/aromatic N) is 1. The first kappa shape index (κ1) is 14.9. The van der Waals surface area contributed by atoms with Gasteiger partial charge in [0, 0.05) is 30.8 Å². The third-order valence-electron chi connectivity index (χ3n) is 3.63.